The van der Waals surface area contributed by atoms with E-state index >= 15 is 0 Å². The van der Waals surface area contributed by atoms with Gasteiger partial charge in [0.15, 0.2) is 0 Å². The van der Waals surface area contributed by atoms with E-state index < -0.39 is 0 Å². The Morgan fingerprint density at radius 3 is 2.19 bits per heavy atom. The Hall–Kier alpha value is -0.530. The van der Waals surface area contributed by atoms with Crippen LogP contribution >= 0.6 is 0 Å². The first-order valence-electron chi connectivity index (χ1n) is 6.88. The molecule has 16 heavy (non-hydrogen) atoms. The maximum Gasteiger partial charge on any atom is 0.223 e. The predicted octanol–water partition coefficient (Wildman–Crippen LogP) is 2.97. The highest BCUT2D eigenvalue weighted by Crippen LogP contribution is 2.48. The van der Waals surface area contributed by atoms with Crippen molar-refractivity contribution in [3.63, 3.8) is 0 Å². The van der Waals surface area contributed by atoms with E-state index in [1.165, 1.54) is 32.1 Å². The fourth-order valence-corrected chi connectivity index (χ4v) is 3.65. The number of fused-ring (bicyclic) bond motifs is 1. The first-order chi connectivity index (χ1) is 7.58. The van der Waals surface area contributed by atoms with Gasteiger partial charge in [-0.15, -0.1) is 0 Å². The van der Waals surface area contributed by atoms with Gasteiger partial charge in [-0.25, -0.2) is 0 Å². The van der Waals surface area contributed by atoms with Crippen LogP contribution in [0.1, 0.15) is 52.9 Å². The third-order valence-electron chi connectivity index (χ3n) is 4.58. The van der Waals surface area contributed by atoms with Crippen LogP contribution in [0.15, 0.2) is 0 Å². The Morgan fingerprint density at radius 2 is 1.69 bits per heavy atom. The van der Waals surface area contributed by atoms with Gasteiger partial charge in [0.1, 0.15) is 0 Å². The highest BCUT2D eigenvalue weighted by Gasteiger charge is 2.40. The van der Waals surface area contributed by atoms with Crippen molar-refractivity contribution < 1.29 is 4.79 Å². The fraction of sp³-hybridized carbons (Fsp3) is 0.929. The van der Waals surface area contributed by atoms with E-state index in [1.807, 2.05) is 13.8 Å². The number of rotatable bonds is 3. The van der Waals surface area contributed by atoms with E-state index in [4.69, 9.17) is 0 Å². The number of carbonyl (C=O) groups is 1. The maximum atomic E-state index is 11.9. The Morgan fingerprint density at radius 1 is 1.12 bits per heavy atom. The van der Waals surface area contributed by atoms with Crippen LogP contribution in [-0.4, -0.2) is 11.9 Å². The van der Waals surface area contributed by atoms with Gasteiger partial charge < -0.3 is 5.32 Å². The molecule has 2 rings (SSSR count). The van der Waals surface area contributed by atoms with Crippen LogP contribution in [0, 0.1) is 23.7 Å². The monoisotopic (exact) mass is 223 g/mol. The summed E-state index contributed by atoms with van der Waals surface area (Å²) in [6.45, 7) is 6.19. The standard InChI is InChI=1S/C14H25NO/c1-9(2)15-14(16)10(3)13-7-11-5-4-6-12(11)8-13/h9-13H,4-8H2,1-3H3,(H,15,16)/t10-,11-,12+,13?/m0/s1. The zero-order chi connectivity index (χ0) is 11.7. The Kier molecular flexibility index (Phi) is 3.56. The smallest absolute Gasteiger partial charge is 0.223 e. The fourth-order valence-electron chi connectivity index (χ4n) is 3.65. The largest absolute Gasteiger partial charge is 0.354 e. The van der Waals surface area contributed by atoms with E-state index in [1.54, 1.807) is 0 Å². The molecule has 1 N–H and O–H groups in total. The molecule has 2 aliphatic carbocycles. The second-order valence-corrected chi connectivity index (χ2v) is 6.13. The van der Waals surface area contributed by atoms with E-state index in [9.17, 15) is 4.79 Å². The summed E-state index contributed by atoms with van der Waals surface area (Å²) in [4.78, 5) is 11.9. The number of hydrogen-bond donors (Lipinski definition) is 1. The number of carbonyl (C=O) groups excluding carboxylic acids is 1. The van der Waals surface area contributed by atoms with Gasteiger partial charge >= 0.3 is 0 Å². The van der Waals surface area contributed by atoms with Crippen molar-refractivity contribution in [3.05, 3.63) is 0 Å². The molecule has 0 saturated heterocycles. The van der Waals surface area contributed by atoms with Crippen molar-refractivity contribution in [1.29, 1.82) is 0 Å². The van der Waals surface area contributed by atoms with E-state index in [0.717, 1.165) is 11.8 Å². The van der Waals surface area contributed by atoms with Crippen LogP contribution in [0.3, 0.4) is 0 Å². The molecular formula is C14H25NO. The summed E-state index contributed by atoms with van der Waals surface area (Å²) < 4.78 is 0. The van der Waals surface area contributed by atoms with Gasteiger partial charge in [-0.05, 0) is 44.4 Å². The predicted molar refractivity (Wildman–Crippen MR) is 66.0 cm³/mol. The van der Waals surface area contributed by atoms with Crippen LogP contribution in [-0.2, 0) is 4.79 Å². The summed E-state index contributed by atoms with van der Waals surface area (Å²) in [5, 5.41) is 3.05. The van der Waals surface area contributed by atoms with Crippen molar-refractivity contribution >= 4 is 5.91 Å². The Labute approximate surface area is 99.2 Å². The molecule has 0 aromatic carbocycles. The highest BCUT2D eigenvalue weighted by atomic mass is 16.1. The molecule has 0 spiro atoms. The summed E-state index contributed by atoms with van der Waals surface area (Å²) in [7, 11) is 0. The SMILES string of the molecule is CC(C)NC(=O)[C@@H](C)C1C[C@H]2CCC[C@H]2C1. The third-order valence-corrected chi connectivity index (χ3v) is 4.58. The molecule has 1 amide bonds. The van der Waals surface area contributed by atoms with Crippen LogP contribution in [0.25, 0.3) is 0 Å². The van der Waals surface area contributed by atoms with Gasteiger partial charge in [0.05, 0.1) is 0 Å². The minimum Gasteiger partial charge on any atom is -0.354 e. The highest BCUT2D eigenvalue weighted by molar-refractivity contribution is 5.78. The molecule has 92 valence electrons. The first kappa shape index (κ1) is 11.9. The summed E-state index contributed by atoms with van der Waals surface area (Å²) in [6.07, 6.45) is 6.86. The number of amides is 1. The zero-order valence-corrected chi connectivity index (χ0v) is 10.8. The Balaban J connectivity index is 1.86. The molecule has 2 saturated carbocycles. The second-order valence-electron chi connectivity index (χ2n) is 6.13. The van der Waals surface area contributed by atoms with Crippen LogP contribution < -0.4 is 5.32 Å². The quantitative estimate of drug-likeness (QED) is 0.783. The summed E-state index contributed by atoms with van der Waals surface area (Å²) in [5.74, 6) is 3.01. The molecule has 0 bridgehead atoms. The summed E-state index contributed by atoms with van der Waals surface area (Å²) in [6, 6.07) is 0.274. The van der Waals surface area contributed by atoms with Gasteiger partial charge in [-0.2, -0.15) is 0 Å². The minimum atomic E-state index is 0.216. The second kappa shape index (κ2) is 4.77. The molecule has 2 heteroatoms. The van der Waals surface area contributed by atoms with Crippen LogP contribution in [0.4, 0.5) is 0 Å². The topological polar surface area (TPSA) is 29.1 Å². The lowest BCUT2D eigenvalue weighted by Crippen LogP contribution is -2.37. The van der Waals surface area contributed by atoms with Gasteiger partial charge in [0, 0.05) is 12.0 Å². The van der Waals surface area contributed by atoms with Crippen LogP contribution in [0.5, 0.6) is 0 Å². The van der Waals surface area contributed by atoms with Crippen molar-refractivity contribution in [2.24, 2.45) is 23.7 Å². The molecule has 4 atom stereocenters. The Bertz CT molecular complexity index is 249. The van der Waals surface area contributed by atoms with Gasteiger partial charge in [-0.3, -0.25) is 4.79 Å². The molecule has 0 radical (unpaired) electrons. The lowest BCUT2D eigenvalue weighted by Gasteiger charge is -2.20. The van der Waals surface area contributed by atoms with E-state index in [-0.39, 0.29) is 17.9 Å². The molecular weight excluding hydrogens is 198 g/mol. The van der Waals surface area contributed by atoms with Crippen molar-refractivity contribution in [3.8, 4) is 0 Å². The number of hydrogen-bond acceptors (Lipinski definition) is 1. The normalized spacial score (nSPS) is 35.1. The first-order valence-corrected chi connectivity index (χ1v) is 6.88. The van der Waals surface area contributed by atoms with Gasteiger partial charge in [-0.1, -0.05) is 26.2 Å². The molecule has 0 heterocycles. The average Bonchev–Trinajstić information content (AvgIpc) is 2.74. The lowest BCUT2D eigenvalue weighted by atomic mass is 9.89. The maximum absolute atomic E-state index is 11.9. The van der Waals surface area contributed by atoms with Crippen molar-refractivity contribution in [2.45, 2.75) is 58.9 Å². The molecule has 1 unspecified atom stereocenters. The summed E-state index contributed by atoms with van der Waals surface area (Å²) >= 11 is 0. The summed E-state index contributed by atoms with van der Waals surface area (Å²) in [5.41, 5.74) is 0. The molecule has 0 aromatic heterocycles. The third kappa shape index (κ3) is 2.41. The van der Waals surface area contributed by atoms with Gasteiger partial charge in [0.2, 0.25) is 5.91 Å². The van der Waals surface area contributed by atoms with Crippen molar-refractivity contribution in [1.82, 2.24) is 5.32 Å². The van der Waals surface area contributed by atoms with E-state index in [0.29, 0.717) is 5.92 Å². The lowest BCUT2D eigenvalue weighted by molar-refractivity contribution is -0.126. The average molecular weight is 223 g/mol. The molecule has 2 fully saturated rings. The van der Waals surface area contributed by atoms with Gasteiger partial charge in [0.25, 0.3) is 0 Å². The number of nitrogens with one attached hydrogen (secondary N) is 1. The van der Waals surface area contributed by atoms with E-state index in [2.05, 4.69) is 12.2 Å². The molecule has 2 aliphatic rings. The molecule has 0 aliphatic heterocycles. The van der Waals surface area contributed by atoms with Crippen LogP contribution in [0.2, 0.25) is 0 Å². The van der Waals surface area contributed by atoms with Crippen molar-refractivity contribution in [2.75, 3.05) is 0 Å². The zero-order valence-electron chi connectivity index (χ0n) is 10.8. The molecule has 2 nitrogen and oxygen atoms in total. The molecule has 0 aromatic rings. The minimum absolute atomic E-state index is 0.216.